The van der Waals surface area contributed by atoms with Crippen LogP contribution in [0.5, 0.6) is 0 Å². The van der Waals surface area contributed by atoms with Crippen molar-refractivity contribution < 1.29 is 9.53 Å². The molecule has 1 N–H and O–H groups in total. The van der Waals surface area contributed by atoms with Crippen LogP contribution in [-0.2, 0) is 4.74 Å². The van der Waals surface area contributed by atoms with Crippen LogP contribution in [-0.4, -0.2) is 25.2 Å². The van der Waals surface area contributed by atoms with E-state index in [1.165, 1.54) is 11.3 Å². The summed E-state index contributed by atoms with van der Waals surface area (Å²) >= 11 is 4.92. The second-order valence-electron chi connectivity index (χ2n) is 4.41. The Morgan fingerprint density at radius 1 is 1.59 bits per heavy atom. The van der Waals surface area contributed by atoms with E-state index in [0.717, 1.165) is 33.5 Å². The van der Waals surface area contributed by atoms with E-state index >= 15 is 0 Å². The Kier molecular flexibility index (Phi) is 4.22. The van der Waals surface area contributed by atoms with Gasteiger partial charge in [-0.3, -0.25) is 4.79 Å². The summed E-state index contributed by atoms with van der Waals surface area (Å²) in [5, 5.41) is 3.07. The first kappa shape index (κ1) is 13.1. The van der Waals surface area contributed by atoms with Gasteiger partial charge in [0, 0.05) is 13.2 Å². The molecule has 0 aliphatic heterocycles. The average molecular weight is 318 g/mol. The largest absolute Gasteiger partial charge is 0.381 e. The highest BCUT2D eigenvalue weighted by Gasteiger charge is 2.26. The van der Waals surface area contributed by atoms with E-state index in [0.29, 0.717) is 6.10 Å². The number of rotatable bonds is 3. The van der Waals surface area contributed by atoms with E-state index in [1.807, 2.05) is 13.0 Å². The first-order chi connectivity index (χ1) is 8.10. The van der Waals surface area contributed by atoms with Gasteiger partial charge in [-0.25, -0.2) is 0 Å². The first-order valence-corrected chi connectivity index (χ1v) is 7.30. The third-order valence-corrected chi connectivity index (χ3v) is 5.27. The Bertz CT molecular complexity index is 399. The van der Waals surface area contributed by atoms with E-state index < -0.39 is 0 Å². The maximum atomic E-state index is 12.0. The molecule has 2 atom stereocenters. The predicted octanol–water partition coefficient (Wildman–Crippen LogP) is 3.12. The minimum Gasteiger partial charge on any atom is -0.381 e. The van der Waals surface area contributed by atoms with Crippen LogP contribution in [0.25, 0.3) is 0 Å². The zero-order valence-electron chi connectivity index (χ0n) is 9.96. The molecule has 1 aliphatic carbocycles. The molecule has 1 fully saturated rings. The Morgan fingerprint density at radius 2 is 2.35 bits per heavy atom. The van der Waals surface area contributed by atoms with Gasteiger partial charge in [-0.15, -0.1) is 11.3 Å². The van der Waals surface area contributed by atoms with Gasteiger partial charge in [-0.05, 0) is 53.7 Å². The summed E-state index contributed by atoms with van der Waals surface area (Å²) in [6.45, 7) is 1.99. The molecular formula is C12H16BrNO2S. The molecule has 1 saturated carbocycles. The van der Waals surface area contributed by atoms with Crippen molar-refractivity contribution in [2.45, 2.75) is 38.3 Å². The fourth-order valence-corrected chi connectivity index (χ4v) is 3.55. The van der Waals surface area contributed by atoms with Gasteiger partial charge >= 0.3 is 0 Å². The second kappa shape index (κ2) is 5.50. The molecule has 1 amide bonds. The highest BCUT2D eigenvalue weighted by Crippen LogP contribution is 2.28. The quantitative estimate of drug-likeness (QED) is 0.930. The monoisotopic (exact) mass is 317 g/mol. The number of aryl methyl sites for hydroxylation is 1. The van der Waals surface area contributed by atoms with E-state index in [1.54, 1.807) is 7.11 Å². The SMILES string of the molecule is COC1CCC(NC(=O)c2cc(C)c(Br)s2)C1. The van der Waals surface area contributed by atoms with Crippen LogP contribution in [0.4, 0.5) is 0 Å². The fraction of sp³-hybridized carbons (Fsp3) is 0.583. The summed E-state index contributed by atoms with van der Waals surface area (Å²) in [5.74, 6) is 0.0329. The van der Waals surface area contributed by atoms with Crippen LogP contribution in [0, 0.1) is 6.92 Å². The topological polar surface area (TPSA) is 38.3 Å². The number of carbonyl (C=O) groups excluding carboxylic acids is 1. The van der Waals surface area contributed by atoms with E-state index in [4.69, 9.17) is 4.74 Å². The molecule has 0 radical (unpaired) electrons. The van der Waals surface area contributed by atoms with E-state index in [-0.39, 0.29) is 11.9 Å². The third-order valence-electron chi connectivity index (χ3n) is 3.13. The van der Waals surface area contributed by atoms with Gasteiger partial charge in [0.1, 0.15) is 0 Å². The summed E-state index contributed by atoms with van der Waals surface area (Å²) in [4.78, 5) is 12.8. The molecule has 1 heterocycles. The number of carbonyl (C=O) groups is 1. The molecular weight excluding hydrogens is 302 g/mol. The minimum atomic E-state index is 0.0329. The number of halogens is 1. The lowest BCUT2D eigenvalue weighted by molar-refractivity contribution is 0.0918. The zero-order chi connectivity index (χ0) is 12.4. The molecule has 94 valence electrons. The maximum absolute atomic E-state index is 12.0. The van der Waals surface area contributed by atoms with Crippen molar-refractivity contribution in [1.29, 1.82) is 0 Å². The Balaban J connectivity index is 1.93. The van der Waals surface area contributed by atoms with Crippen molar-refractivity contribution >= 4 is 33.2 Å². The van der Waals surface area contributed by atoms with Crippen molar-refractivity contribution in [3.8, 4) is 0 Å². The highest BCUT2D eigenvalue weighted by atomic mass is 79.9. The second-order valence-corrected chi connectivity index (χ2v) is 6.78. The molecule has 2 unspecified atom stereocenters. The zero-order valence-corrected chi connectivity index (χ0v) is 12.4. The maximum Gasteiger partial charge on any atom is 0.261 e. The van der Waals surface area contributed by atoms with Gasteiger partial charge in [0.25, 0.3) is 5.91 Å². The molecule has 1 aromatic heterocycles. The fourth-order valence-electron chi connectivity index (χ4n) is 2.11. The average Bonchev–Trinajstić information content (AvgIpc) is 2.87. The number of hydrogen-bond acceptors (Lipinski definition) is 3. The van der Waals surface area contributed by atoms with E-state index in [9.17, 15) is 4.79 Å². The number of ether oxygens (including phenoxy) is 1. The number of hydrogen-bond donors (Lipinski definition) is 1. The molecule has 5 heteroatoms. The molecule has 0 spiro atoms. The Labute approximate surface area is 114 Å². The first-order valence-electron chi connectivity index (χ1n) is 5.69. The van der Waals surface area contributed by atoms with Gasteiger partial charge in [0.15, 0.2) is 0 Å². The standard InChI is InChI=1S/C12H16BrNO2S/c1-7-5-10(17-11(7)13)12(15)14-8-3-4-9(6-8)16-2/h5,8-9H,3-4,6H2,1-2H3,(H,14,15). The van der Waals surface area contributed by atoms with Crippen LogP contribution in [0.2, 0.25) is 0 Å². The van der Waals surface area contributed by atoms with Crippen molar-refractivity contribution in [2.24, 2.45) is 0 Å². The number of thiophene rings is 1. The van der Waals surface area contributed by atoms with E-state index in [2.05, 4.69) is 21.2 Å². The van der Waals surface area contributed by atoms with Crippen molar-refractivity contribution in [3.63, 3.8) is 0 Å². The molecule has 0 aromatic carbocycles. The van der Waals surface area contributed by atoms with Crippen LogP contribution in [0.1, 0.15) is 34.5 Å². The lowest BCUT2D eigenvalue weighted by Crippen LogP contribution is -2.32. The third kappa shape index (κ3) is 3.09. The smallest absolute Gasteiger partial charge is 0.261 e. The van der Waals surface area contributed by atoms with Crippen molar-refractivity contribution in [1.82, 2.24) is 5.32 Å². The molecule has 17 heavy (non-hydrogen) atoms. The van der Waals surface area contributed by atoms with Crippen LogP contribution < -0.4 is 5.32 Å². The van der Waals surface area contributed by atoms with Crippen LogP contribution in [0.3, 0.4) is 0 Å². The number of methoxy groups -OCH3 is 1. The number of nitrogens with one attached hydrogen (secondary N) is 1. The number of amides is 1. The molecule has 3 nitrogen and oxygen atoms in total. The summed E-state index contributed by atoms with van der Waals surface area (Å²) in [6.07, 6.45) is 3.27. The summed E-state index contributed by atoms with van der Waals surface area (Å²) in [7, 11) is 1.73. The summed E-state index contributed by atoms with van der Waals surface area (Å²) in [6, 6.07) is 2.18. The predicted molar refractivity (Wildman–Crippen MR) is 72.7 cm³/mol. The molecule has 1 aromatic rings. The Hall–Kier alpha value is -0.390. The lowest BCUT2D eigenvalue weighted by Gasteiger charge is -2.11. The van der Waals surface area contributed by atoms with Gasteiger partial charge in [-0.1, -0.05) is 0 Å². The van der Waals surface area contributed by atoms with Gasteiger partial charge in [0.05, 0.1) is 14.8 Å². The van der Waals surface area contributed by atoms with Crippen molar-refractivity contribution in [2.75, 3.05) is 7.11 Å². The van der Waals surface area contributed by atoms with Gasteiger partial charge in [0.2, 0.25) is 0 Å². The highest BCUT2D eigenvalue weighted by molar-refractivity contribution is 9.11. The van der Waals surface area contributed by atoms with Crippen molar-refractivity contribution in [3.05, 3.63) is 20.3 Å². The molecule has 1 aliphatic rings. The summed E-state index contributed by atoms with van der Waals surface area (Å²) in [5.41, 5.74) is 1.11. The Morgan fingerprint density at radius 3 is 2.88 bits per heavy atom. The van der Waals surface area contributed by atoms with Crippen LogP contribution in [0.15, 0.2) is 9.85 Å². The molecule has 0 saturated heterocycles. The lowest BCUT2D eigenvalue weighted by atomic mass is 10.2. The van der Waals surface area contributed by atoms with Crippen LogP contribution >= 0.6 is 27.3 Å². The molecule has 2 rings (SSSR count). The normalized spacial score (nSPS) is 23.9. The summed E-state index contributed by atoms with van der Waals surface area (Å²) < 4.78 is 6.33. The van der Waals surface area contributed by atoms with Gasteiger partial charge < -0.3 is 10.1 Å². The van der Waals surface area contributed by atoms with Gasteiger partial charge in [-0.2, -0.15) is 0 Å². The minimum absolute atomic E-state index is 0.0329. The molecule has 0 bridgehead atoms.